The molecule has 0 amide bonds. The van der Waals surface area contributed by atoms with Gasteiger partial charge in [0.2, 0.25) is 0 Å². The molecule has 0 aromatic carbocycles. The second-order valence-electron chi connectivity index (χ2n) is 10.2. The Balaban J connectivity index is 1.79. The maximum absolute atomic E-state index is 11.1. The van der Waals surface area contributed by atoms with Crippen LogP contribution in [-0.4, -0.2) is 56.6 Å². The average molecular weight is 354 g/mol. The number of aliphatic hydroxyl groups excluding tert-OH is 4. The van der Waals surface area contributed by atoms with E-state index in [0.29, 0.717) is 25.2 Å². The van der Waals surface area contributed by atoms with E-state index in [1.165, 1.54) is 0 Å². The van der Waals surface area contributed by atoms with Gasteiger partial charge in [-0.15, -0.1) is 0 Å². The van der Waals surface area contributed by atoms with Gasteiger partial charge in [-0.2, -0.15) is 0 Å². The first-order valence-electron chi connectivity index (χ1n) is 9.97. The maximum atomic E-state index is 11.1. The van der Waals surface area contributed by atoms with Crippen LogP contribution in [0, 0.1) is 34.0 Å². The molecule has 0 heterocycles. The lowest BCUT2D eigenvalue weighted by molar-refractivity contribution is -0.248. The second-order valence-corrected chi connectivity index (χ2v) is 10.2. The van der Waals surface area contributed by atoms with Crippen molar-refractivity contribution in [2.45, 2.75) is 76.6 Å². The van der Waals surface area contributed by atoms with E-state index in [2.05, 4.69) is 6.92 Å². The SMILES string of the molecule is C[C@@]1(CO)[C@H](O)CC[C@@]2(C)[C@H]1[C@H](O)C[C@H]1C[C@H]3C[C@@]12CC[C@]3(O)CO. The van der Waals surface area contributed by atoms with Crippen LogP contribution in [0.25, 0.3) is 0 Å². The van der Waals surface area contributed by atoms with Crippen molar-refractivity contribution in [3.05, 3.63) is 0 Å². The number of rotatable bonds is 2. The molecule has 0 aliphatic heterocycles. The molecule has 0 saturated heterocycles. The molecule has 0 radical (unpaired) electrons. The zero-order valence-electron chi connectivity index (χ0n) is 15.5. The van der Waals surface area contributed by atoms with Crippen LogP contribution in [0.3, 0.4) is 0 Å². The van der Waals surface area contributed by atoms with Gasteiger partial charge in [0, 0.05) is 11.3 Å². The van der Waals surface area contributed by atoms with E-state index >= 15 is 0 Å². The van der Waals surface area contributed by atoms with Gasteiger partial charge in [0.05, 0.1) is 31.0 Å². The van der Waals surface area contributed by atoms with Gasteiger partial charge >= 0.3 is 0 Å². The highest BCUT2D eigenvalue weighted by Gasteiger charge is 2.72. The van der Waals surface area contributed by atoms with E-state index in [1.54, 1.807) is 0 Å². The number of hydrogen-bond donors (Lipinski definition) is 5. The first-order chi connectivity index (χ1) is 11.7. The molecule has 5 nitrogen and oxygen atoms in total. The quantitative estimate of drug-likeness (QED) is 0.510. The van der Waals surface area contributed by atoms with Crippen molar-refractivity contribution in [1.29, 1.82) is 0 Å². The first kappa shape index (κ1) is 18.2. The fourth-order valence-electron chi connectivity index (χ4n) is 8.04. The van der Waals surface area contributed by atoms with Crippen molar-refractivity contribution in [3.63, 3.8) is 0 Å². The normalized spacial score (nSPS) is 60.8. The van der Waals surface area contributed by atoms with Crippen LogP contribution < -0.4 is 0 Å². The zero-order valence-corrected chi connectivity index (χ0v) is 15.5. The van der Waals surface area contributed by atoms with Gasteiger partial charge < -0.3 is 25.5 Å². The van der Waals surface area contributed by atoms with E-state index < -0.39 is 23.2 Å². The van der Waals surface area contributed by atoms with Gasteiger partial charge in [0.25, 0.3) is 0 Å². The Morgan fingerprint density at radius 1 is 0.920 bits per heavy atom. The molecule has 0 unspecified atom stereocenters. The molecule has 2 bridgehead atoms. The minimum Gasteiger partial charge on any atom is -0.396 e. The Morgan fingerprint density at radius 2 is 1.64 bits per heavy atom. The molecule has 4 aliphatic rings. The van der Waals surface area contributed by atoms with E-state index in [0.717, 1.165) is 25.7 Å². The van der Waals surface area contributed by atoms with Crippen LogP contribution in [0.1, 0.15) is 58.8 Å². The minimum atomic E-state index is -0.978. The monoisotopic (exact) mass is 354 g/mol. The van der Waals surface area contributed by atoms with Crippen LogP contribution in [0.15, 0.2) is 0 Å². The van der Waals surface area contributed by atoms with Crippen LogP contribution in [0.4, 0.5) is 0 Å². The number of fused-ring (bicyclic) bond motifs is 2. The number of aliphatic hydroxyl groups is 5. The molecule has 0 aromatic rings. The maximum Gasteiger partial charge on any atom is 0.0905 e. The summed E-state index contributed by atoms with van der Waals surface area (Å²) in [5.74, 6) is 0.308. The van der Waals surface area contributed by atoms with Gasteiger partial charge in [-0.05, 0) is 67.6 Å². The van der Waals surface area contributed by atoms with E-state index in [4.69, 9.17) is 0 Å². The Morgan fingerprint density at radius 3 is 2.28 bits per heavy atom. The fraction of sp³-hybridized carbons (Fsp3) is 1.00. The molecule has 144 valence electrons. The highest BCUT2D eigenvalue weighted by molar-refractivity contribution is 5.21. The highest BCUT2D eigenvalue weighted by Crippen LogP contribution is 2.75. The smallest absolute Gasteiger partial charge is 0.0905 e. The zero-order chi connectivity index (χ0) is 18.3. The molecule has 25 heavy (non-hydrogen) atoms. The average Bonchev–Trinajstić information content (AvgIpc) is 2.92. The van der Waals surface area contributed by atoms with Crippen LogP contribution in [0.5, 0.6) is 0 Å². The predicted octanol–water partition coefficient (Wildman–Crippen LogP) is 1.06. The fourth-order valence-corrected chi connectivity index (χ4v) is 8.04. The van der Waals surface area contributed by atoms with Gasteiger partial charge in [0.1, 0.15) is 0 Å². The Bertz CT molecular complexity index is 554. The standard InChI is InChI=1S/C20H34O5/c1-17(10-21)15(24)3-4-18(2)16(17)14(23)8-12-7-13-9-19(12,18)5-6-20(13,25)11-22/h12-16,21-25H,3-11H2,1-2H3/t12-,13+,14-,15-,16+,17-,18+,19+,20+/m1/s1. The first-order valence-corrected chi connectivity index (χ1v) is 9.97. The Kier molecular flexibility index (Phi) is 3.94. The van der Waals surface area contributed by atoms with Crippen LogP contribution in [0.2, 0.25) is 0 Å². The van der Waals surface area contributed by atoms with Crippen molar-refractivity contribution in [2.24, 2.45) is 34.0 Å². The summed E-state index contributed by atoms with van der Waals surface area (Å²) in [6, 6.07) is 0. The summed E-state index contributed by atoms with van der Waals surface area (Å²) >= 11 is 0. The van der Waals surface area contributed by atoms with Crippen molar-refractivity contribution in [3.8, 4) is 0 Å². The van der Waals surface area contributed by atoms with E-state index in [1.807, 2.05) is 6.92 Å². The highest BCUT2D eigenvalue weighted by atomic mass is 16.3. The van der Waals surface area contributed by atoms with E-state index in [-0.39, 0.29) is 35.9 Å². The molecule has 1 spiro atoms. The lowest BCUT2D eigenvalue weighted by Gasteiger charge is -2.67. The molecule has 4 rings (SSSR count). The predicted molar refractivity (Wildman–Crippen MR) is 92.6 cm³/mol. The van der Waals surface area contributed by atoms with Gasteiger partial charge in [-0.1, -0.05) is 13.8 Å². The van der Waals surface area contributed by atoms with Crippen molar-refractivity contribution in [2.75, 3.05) is 13.2 Å². The Labute approximate surface area is 150 Å². The Hall–Kier alpha value is -0.200. The molecule has 9 atom stereocenters. The van der Waals surface area contributed by atoms with Crippen molar-refractivity contribution < 1.29 is 25.5 Å². The third-order valence-electron chi connectivity index (χ3n) is 9.48. The van der Waals surface area contributed by atoms with Crippen molar-refractivity contribution in [1.82, 2.24) is 0 Å². The van der Waals surface area contributed by atoms with Gasteiger partial charge in [-0.25, -0.2) is 0 Å². The van der Waals surface area contributed by atoms with Gasteiger partial charge in [-0.3, -0.25) is 0 Å². The largest absolute Gasteiger partial charge is 0.396 e. The second kappa shape index (κ2) is 5.41. The molecule has 4 aliphatic carbocycles. The third kappa shape index (κ3) is 2.02. The molecule has 5 N–H and O–H groups in total. The van der Waals surface area contributed by atoms with Crippen LogP contribution in [-0.2, 0) is 0 Å². The molecule has 4 fully saturated rings. The lowest BCUT2D eigenvalue weighted by atomic mass is 9.38. The molecular weight excluding hydrogens is 320 g/mol. The summed E-state index contributed by atoms with van der Waals surface area (Å²) in [5.41, 5.74) is -1.78. The molecular formula is C20H34O5. The summed E-state index contributed by atoms with van der Waals surface area (Å²) in [4.78, 5) is 0. The summed E-state index contributed by atoms with van der Waals surface area (Å²) in [7, 11) is 0. The topological polar surface area (TPSA) is 101 Å². The third-order valence-corrected chi connectivity index (χ3v) is 9.48. The minimum absolute atomic E-state index is 0.0412. The summed E-state index contributed by atoms with van der Waals surface area (Å²) in [6.45, 7) is 3.89. The number of hydrogen-bond acceptors (Lipinski definition) is 5. The van der Waals surface area contributed by atoms with E-state index in [9.17, 15) is 25.5 Å². The molecule has 0 aromatic heterocycles. The van der Waals surface area contributed by atoms with Gasteiger partial charge in [0.15, 0.2) is 0 Å². The van der Waals surface area contributed by atoms with Crippen molar-refractivity contribution >= 4 is 0 Å². The molecule has 4 saturated carbocycles. The van der Waals surface area contributed by atoms with Crippen LogP contribution >= 0.6 is 0 Å². The molecule has 5 heteroatoms. The summed E-state index contributed by atoms with van der Waals surface area (Å²) < 4.78 is 0. The summed E-state index contributed by atoms with van der Waals surface area (Å²) in [5, 5.41) is 52.4. The summed E-state index contributed by atoms with van der Waals surface area (Å²) in [6.07, 6.45) is 4.31. The lowest BCUT2D eigenvalue weighted by Crippen LogP contribution is -2.66.